The largest absolute Gasteiger partial charge is 0.493 e. The van der Waals surface area contributed by atoms with Gasteiger partial charge in [-0.2, -0.15) is 0 Å². The molecule has 3 aromatic rings. The van der Waals surface area contributed by atoms with Gasteiger partial charge in [-0.15, -0.1) is 0 Å². The number of hydrogen-bond acceptors (Lipinski definition) is 9. The third kappa shape index (κ3) is 3.73. The van der Waals surface area contributed by atoms with Crippen molar-refractivity contribution < 1.29 is 37.7 Å². The number of halogens is 1. The van der Waals surface area contributed by atoms with Crippen LogP contribution in [0.4, 0.5) is 15.9 Å². The van der Waals surface area contributed by atoms with Crippen molar-refractivity contribution in [3.05, 3.63) is 56.3 Å². The Morgan fingerprint density at radius 1 is 1.11 bits per heavy atom. The molecular weight excluding hydrogens is 495 g/mol. The number of ether oxygens (including phenoxy) is 5. The molecule has 10 nitrogen and oxygen atoms in total. The summed E-state index contributed by atoms with van der Waals surface area (Å²) in [6.07, 6.45) is -0.0400. The van der Waals surface area contributed by atoms with E-state index in [-0.39, 0.29) is 24.9 Å². The number of hydrogen-bond donors (Lipinski definition) is 0. The first kappa shape index (κ1) is 23.7. The highest BCUT2D eigenvalue weighted by atomic mass is 32.1. The van der Waals surface area contributed by atoms with E-state index in [0.717, 1.165) is 11.3 Å². The minimum absolute atomic E-state index is 0.0263. The molecule has 36 heavy (non-hydrogen) atoms. The summed E-state index contributed by atoms with van der Waals surface area (Å²) in [7, 11) is 4.16. The quantitative estimate of drug-likeness (QED) is 0.460. The average Bonchev–Trinajstić information content (AvgIpc) is 3.49. The normalized spacial score (nSPS) is 16.1. The molecule has 5 rings (SSSR count). The summed E-state index contributed by atoms with van der Waals surface area (Å²) < 4.78 is 41.9. The maximum absolute atomic E-state index is 13.6. The summed E-state index contributed by atoms with van der Waals surface area (Å²) in [5, 5.41) is 0. The zero-order valence-corrected chi connectivity index (χ0v) is 20.3. The van der Waals surface area contributed by atoms with Gasteiger partial charge in [-0.05, 0) is 30.3 Å². The molecular formula is C24H21FN2O8S. The Balaban J connectivity index is 1.74. The van der Waals surface area contributed by atoms with Gasteiger partial charge in [0.05, 0.1) is 31.9 Å². The number of carbonyl (C=O) groups is 2. The SMILES string of the molecule is COC(=O)Cn1c2c(sc1=O)[C@H](c1cc(OC)c3c(c1OC)OCO3)CC(=O)N2c1ccc(F)cc1. The number of fused-ring (bicyclic) bond motifs is 2. The Labute approximate surface area is 208 Å². The Morgan fingerprint density at radius 2 is 1.83 bits per heavy atom. The standard InChI is InChI=1S/C24H21FN2O8S/c1-31-16-8-14(19(33-3)21-20(16)34-11-35-21)15-9-17(28)27(13-6-4-12(25)5-7-13)23-22(15)36-24(30)26(23)10-18(29)32-2/h4-8,15H,9-11H2,1-3H3/t15-/m0/s1. The highest BCUT2D eigenvalue weighted by molar-refractivity contribution is 7.10. The van der Waals surface area contributed by atoms with Crippen molar-refractivity contribution in [2.24, 2.45) is 0 Å². The Bertz CT molecular complexity index is 1410. The van der Waals surface area contributed by atoms with Crippen LogP contribution >= 0.6 is 11.3 Å². The second-order valence-corrected chi connectivity index (χ2v) is 8.94. The van der Waals surface area contributed by atoms with Crippen molar-refractivity contribution in [3.8, 4) is 23.0 Å². The van der Waals surface area contributed by atoms with Crippen molar-refractivity contribution in [1.29, 1.82) is 0 Å². The Kier molecular flexibility index (Phi) is 6.04. The number of aromatic nitrogens is 1. The second kappa shape index (κ2) is 9.19. The topological polar surface area (TPSA) is 106 Å². The highest BCUT2D eigenvalue weighted by Crippen LogP contribution is 2.55. The fourth-order valence-electron chi connectivity index (χ4n) is 4.44. The molecule has 188 valence electrons. The van der Waals surface area contributed by atoms with Crippen molar-refractivity contribution in [2.45, 2.75) is 18.9 Å². The van der Waals surface area contributed by atoms with Gasteiger partial charge in [0.15, 0.2) is 11.5 Å². The molecule has 0 aliphatic carbocycles. The van der Waals surface area contributed by atoms with Gasteiger partial charge in [-0.3, -0.25) is 23.9 Å². The highest BCUT2D eigenvalue weighted by Gasteiger charge is 2.41. The summed E-state index contributed by atoms with van der Waals surface area (Å²) in [6.45, 7) is -0.429. The summed E-state index contributed by atoms with van der Waals surface area (Å²) in [4.78, 5) is 40.3. The molecule has 12 heteroatoms. The lowest BCUT2D eigenvalue weighted by atomic mass is 9.89. The van der Waals surface area contributed by atoms with E-state index in [1.54, 1.807) is 6.07 Å². The molecule has 0 saturated heterocycles. The summed E-state index contributed by atoms with van der Waals surface area (Å²) >= 11 is 0.905. The first-order chi connectivity index (χ1) is 17.4. The van der Waals surface area contributed by atoms with E-state index in [1.165, 1.54) is 55.1 Å². The maximum atomic E-state index is 13.6. The van der Waals surface area contributed by atoms with Gasteiger partial charge >= 0.3 is 10.8 Å². The van der Waals surface area contributed by atoms with Crippen LogP contribution in [-0.2, 0) is 20.9 Å². The smallest absolute Gasteiger partial charge is 0.325 e. The van der Waals surface area contributed by atoms with E-state index in [4.69, 9.17) is 23.7 Å². The van der Waals surface area contributed by atoms with Gasteiger partial charge in [-0.25, -0.2) is 4.39 Å². The molecule has 0 spiro atoms. The number of rotatable bonds is 6. The van der Waals surface area contributed by atoms with Crippen LogP contribution in [0.15, 0.2) is 35.1 Å². The van der Waals surface area contributed by atoms with E-state index in [2.05, 4.69) is 0 Å². The molecule has 2 aromatic carbocycles. The minimum Gasteiger partial charge on any atom is -0.493 e. The number of esters is 1. The third-order valence-electron chi connectivity index (χ3n) is 6.04. The summed E-state index contributed by atoms with van der Waals surface area (Å²) in [5.74, 6) is -0.468. The van der Waals surface area contributed by atoms with Crippen LogP contribution in [0.3, 0.4) is 0 Å². The van der Waals surface area contributed by atoms with Gasteiger partial charge in [0.25, 0.3) is 0 Å². The van der Waals surface area contributed by atoms with Crippen LogP contribution in [0.5, 0.6) is 23.0 Å². The molecule has 0 radical (unpaired) electrons. The fourth-order valence-corrected chi connectivity index (χ4v) is 5.54. The second-order valence-electron chi connectivity index (χ2n) is 7.95. The molecule has 3 heterocycles. The fraction of sp³-hybridized carbons (Fsp3) is 0.292. The van der Waals surface area contributed by atoms with Crippen molar-refractivity contribution in [1.82, 2.24) is 4.57 Å². The van der Waals surface area contributed by atoms with E-state index < -0.39 is 29.1 Å². The van der Waals surface area contributed by atoms with Gasteiger partial charge in [0.1, 0.15) is 18.2 Å². The number of carbonyl (C=O) groups excluding carboxylic acids is 2. The first-order valence-corrected chi connectivity index (χ1v) is 11.6. The first-order valence-electron chi connectivity index (χ1n) is 10.8. The number of methoxy groups -OCH3 is 3. The van der Waals surface area contributed by atoms with Gasteiger partial charge < -0.3 is 23.7 Å². The lowest BCUT2D eigenvalue weighted by Crippen LogP contribution is -2.36. The molecule has 1 atom stereocenters. The monoisotopic (exact) mass is 516 g/mol. The van der Waals surface area contributed by atoms with Crippen molar-refractivity contribution in [2.75, 3.05) is 33.0 Å². The molecule has 0 bridgehead atoms. The Hall–Kier alpha value is -4.06. The molecule has 0 unspecified atom stereocenters. The third-order valence-corrected chi connectivity index (χ3v) is 7.12. The van der Waals surface area contributed by atoms with E-state index >= 15 is 0 Å². The number of anilines is 2. The molecule has 0 saturated carbocycles. The summed E-state index contributed by atoms with van der Waals surface area (Å²) in [5.41, 5.74) is 0.908. The zero-order chi connectivity index (χ0) is 25.6. The number of nitrogens with zero attached hydrogens (tertiary/aromatic N) is 2. The van der Waals surface area contributed by atoms with Crippen molar-refractivity contribution >= 4 is 34.7 Å². The van der Waals surface area contributed by atoms with Crippen LogP contribution in [0, 0.1) is 5.82 Å². The summed E-state index contributed by atoms with van der Waals surface area (Å²) in [6, 6.07) is 7.00. The number of benzene rings is 2. The number of thiazole rings is 1. The van der Waals surface area contributed by atoms with Gasteiger partial charge in [0.2, 0.25) is 24.2 Å². The minimum atomic E-state index is -0.659. The molecule has 1 amide bonds. The van der Waals surface area contributed by atoms with E-state index in [1.807, 2.05) is 0 Å². The van der Waals surface area contributed by atoms with Crippen LogP contribution in [0.25, 0.3) is 0 Å². The average molecular weight is 517 g/mol. The van der Waals surface area contributed by atoms with Gasteiger partial charge in [0, 0.05) is 17.9 Å². The van der Waals surface area contributed by atoms with Crippen molar-refractivity contribution in [3.63, 3.8) is 0 Å². The van der Waals surface area contributed by atoms with Gasteiger partial charge in [-0.1, -0.05) is 11.3 Å². The van der Waals surface area contributed by atoms with E-state index in [9.17, 15) is 18.8 Å². The predicted octanol–water partition coefficient (Wildman–Crippen LogP) is 3.17. The van der Waals surface area contributed by atoms with Crippen LogP contribution < -0.4 is 28.7 Å². The lowest BCUT2D eigenvalue weighted by molar-refractivity contribution is -0.141. The number of amides is 1. The lowest BCUT2D eigenvalue weighted by Gasteiger charge is -2.33. The molecule has 0 fully saturated rings. The van der Waals surface area contributed by atoms with Crippen LogP contribution in [0.2, 0.25) is 0 Å². The van der Waals surface area contributed by atoms with Crippen LogP contribution in [-0.4, -0.2) is 44.6 Å². The molecule has 2 aliphatic rings. The maximum Gasteiger partial charge on any atom is 0.325 e. The zero-order valence-electron chi connectivity index (χ0n) is 19.5. The Morgan fingerprint density at radius 3 is 2.50 bits per heavy atom. The molecule has 2 aliphatic heterocycles. The van der Waals surface area contributed by atoms with E-state index in [0.29, 0.717) is 39.1 Å². The predicted molar refractivity (Wildman–Crippen MR) is 126 cm³/mol. The molecule has 1 aromatic heterocycles. The van der Waals surface area contributed by atoms with Crippen LogP contribution in [0.1, 0.15) is 22.8 Å². The molecule has 0 N–H and O–H groups in total.